The lowest BCUT2D eigenvalue weighted by atomic mass is 10.1. The summed E-state index contributed by atoms with van der Waals surface area (Å²) in [5.41, 5.74) is 1.23. The summed E-state index contributed by atoms with van der Waals surface area (Å²) in [7, 11) is 0. The Kier molecular flexibility index (Phi) is 3.14. The van der Waals surface area contributed by atoms with Crippen molar-refractivity contribution in [1.82, 2.24) is 4.90 Å². The molecule has 1 saturated heterocycles. The van der Waals surface area contributed by atoms with Crippen molar-refractivity contribution in [3.8, 4) is 0 Å². The van der Waals surface area contributed by atoms with Gasteiger partial charge in [0.15, 0.2) is 0 Å². The summed E-state index contributed by atoms with van der Waals surface area (Å²) >= 11 is 0. The number of nitrogens with zero attached hydrogens (tertiary/aromatic N) is 1. The lowest BCUT2D eigenvalue weighted by Crippen LogP contribution is -2.42. The Labute approximate surface area is 104 Å². The molecule has 1 atom stereocenters. The van der Waals surface area contributed by atoms with Crippen molar-refractivity contribution >= 4 is 17.8 Å². The predicted molar refractivity (Wildman–Crippen MR) is 63.0 cm³/mol. The van der Waals surface area contributed by atoms with Gasteiger partial charge in [-0.1, -0.05) is 17.7 Å². The summed E-state index contributed by atoms with van der Waals surface area (Å²) in [4.78, 5) is 35.7. The smallest absolute Gasteiger partial charge is 0.326 e. The molecule has 1 unspecified atom stereocenters. The fourth-order valence-electron chi connectivity index (χ4n) is 2.09. The van der Waals surface area contributed by atoms with Gasteiger partial charge in [-0.05, 0) is 25.5 Å². The summed E-state index contributed by atoms with van der Waals surface area (Å²) in [6.45, 7) is 1.83. The number of carbonyl (C=O) groups is 3. The third kappa shape index (κ3) is 2.11. The van der Waals surface area contributed by atoms with E-state index in [0.717, 1.165) is 10.5 Å². The second-order valence-corrected chi connectivity index (χ2v) is 4.33. The van der Waals surface area contributed by atoms with E-state index < -0.39 is 23.8 Å². The van der Waals surface area contributed by atoms with Gasteiger partial charge in [0.05, 0.1) is 0 Å². The first kappa shape index (κ1) is 12.3. The third-order valence-corrected chi connectivity index (χ3v) is 2.98. The van der Waals surface area contributed by atoms with Crippen LogP contribution >= 0.6 is 0 Å². The minimum Gasteiger partial charge on any atom is -0.480 e. The Balaban J connectivity index is 2.32. The standard InChI is InChI=1S/C13H13NO4/c1-8-3-2-4-9(7-8)12(16)14-10(13(17)18)5-6-11(14)15/h2-4,7,10H,5-6H2,1H3,(H,17,18). The van der Waals surface area contributed by atoms with Crippen LogP contribution in [0.5, 0.6) is 0 Å². The molecular weight excluding hydrogens is 234 g/mol. The molecular formula is C13H13NO4. The Bertz CT molecular complexity index is 523. The minimum atomic E-state index is -1.14. The number of benzene rings is 1. The van der Waals surface area contributed by atoms with Gasteiger partial charge in [0.1, 0.15) is 6.04 Å². The van der Waals surface area contributed by atoms with Gasteiger partial charge in [0.25, 0.3) is 5.91 Å². The lowest BCUT2D eigenvalue weighted by Gasteiger charge is -2.19. The zero-order chi connectivity index (χ0) is 13.3. The number of hydrogen-bond donors (Lipinski definition) is 1. The average Bonchev–Trinajstić information content (AvgIpc) is 2.70. The first-order chi connectivity index (χ1) is 8.50. The highest BCUT2D eigenvalue weighted by molar-refractivity contribution is 6.08. The number of likely N-dealkylation sites (tertiary alicyclic amines) is 1. The molecule has 0 saturated carbocycles. The van der Waals surface area contributed by atoms with Crippen LogP contribution in [0, 0.1) is 6.92 Å². The first-order valence-electron chi connectivity index (χ1n) is 5.66. The van der Waals surface area contributed by atoms with Crippen LogP contribution in [-0.2, 0) is 9.59 Å². The summed E-state index contributed by atoms with van der Waals surface area (Å²) in [6, 6.07) is 5.73. The zero-order valence-electron chi connectivity index (χ0n) is 9.92. The van der Waals surface area contributed by atoms with Crippen molar-refractivity contribution in [3.63, 3.8) is 0 Å². The van der Waals surface area contributed by atoms with Gasteiger partial charge in [0.2, 0.25) is 5.91 Å². The number of aliphatic carboxylic acids is 1. The van der Waals surface area contributed by atoms with Crippen LogP contribution in [-0.4, -0.2) is 33.8 Å². The molecule has 1 aromatic rings. The van der Waals surface area contributed by atoms with Crippen LogP contribution < -0.4 is 0 Å². The molecule has 18 heavy (non-hydrogen) atoms. The van der Waals surface area contributed by atoms with Gasteiger partial charge in [-0.3, -0.25) is 14.5 Å². The van der Waals surface area contributed by atoms with Crippen molar-refractivity contribution in [2.75, 3.05) is 0 Å². The molecule has 0 aliphatic carbocycles. The highest BCUT2D eigenvalue weighted by Gasteiger charge is 2.40. The molecule has 1 aliphatic rings. The Morgan fingerprint density at radius 1 is 1.39 bits per heavy atom. The molecule has 5 heteroatoms. The predicted octanol–water partition coefficient (Wildman–Crippen LogP) is 1.21. The molecule has 1 N–H and O–H groups in total. The van der Waals surface area contributed by atoms with Crippen LogP contribution in [0.4, 0.5) is 0 Å². The van der Waals surface area contributed by atoms with Gasteiger partial charge in [-0.2, -0.15) is 0 Å². The van der Waals surface area contributed by atoms with Gasteiger partial charge in [-0.25, -0.2) is 4.79 Å². The molecule has 0 spiro atoms. The van der Waals surface area contributed by atoms with E-state index in [1.807, 2.05) is 13.0 Å². The second kappa shape index (κ2) is 4.60. The first-order valence-corrected chi connectivity index (χ1v) is 5.66. The van der Waals surface area contributed by atoms with Crippen LogP contribution in [0.1, 0.15) is 28.8 Å². The lowest BCUT2D eigenvalue weighted by molar-refractivity contribution is -0.144. The largest absolute Gasteiger partial charge is 0.480 e. The molecule has 0 aromatic heterocycles. The maximum Gasteiger partial charge on any atom is 0.326 e. The SMILES string of the molecule is Cc1cccc(C(=O)N2C(=O)CCC2C(=O)O)c1. The minimum absolute atomic E-state index is 0.106. The molecule has 2 rings (SSSR count). The maximum absolute atomic E-state index is 12.2. The molecule has 94 valence electrons. The number of carboxylic acid groups (broad SMARTS) is 1. The normalized spacial score (nSPS) is 19.1. The van der Waals surface area contributed by atoms with E-state index in [1.54, 1.807) is 18.2 Å². The van der Waals surface area contributed by atoms with Gasteiger partial charge >= 0.3 is 5.97 Å². The number of aryl methyl sites for hydroxylation is 1. The molecule has 5 nitrogen and oxygen atoms in total. The van der Waals surface area contributed by atoms with Crippen molar-refractivity contribution in [3.05, 3.63) is 35.4 Å². The number of carbonyl (C=O) groups excluding carboxylic acids is 2. The monoisotopic (exact) mass is 247 g/mol. The Morgan fingerprint density at radius 3 is 2.72 bits per heavy atom. The topological polar surface area (TPSA) is 74.7 Å². The molecule has 1 fully saturated rings. The third-order valence-electron chi connectivity index (χ3n) is 2.98. The number of rotatable bonds is 2. The van der Waals surface area contributed by atoms with E-state index in [0.29, 0.717) is 5.56 Å². The van der Waals surface area contributed by atoms with Crippen molar-refractivity contribution in [2.24, 2.45) is 0 Å². The summed E-state index contributed by atoms with van der Waals surface area (Å²) in [5.74, 6) is -2.09. The summed E-state index contributed by atoms with van der Waals surface area (Å²) in [6.07, 6.45) is 0.292. The second-order valence-electron chi connectivity index (χ2n) is 4.33. The summed E-state index contributed by atoms with van der Waals surface area (Å²) < 4.78 is 0. The molecule has 1 aliphatic heterocycles. The average molecular weight is 247 g/mol. The van der Waals surface area contributed by atoms with Crippen molar-refractivity contribution in [1.29, 1.82) is 0 Å². The molecule has 1 heterocycles. The molecule has 0 radical (unpaired) electrons. The van der Waals surface area contributed by atoms with Gasteiger partial charge < -0.3 is 5.11 Å². The quantitative estimate of drug-likeness (QED) is 0.797. The number of hydrogen-bond acceptors (Lipinski definition) is 3. The number of carboxylic acids is 1. The highest BCUT2D eigenvalue weighted by Crippen LogP contribution is 2.22. The van der Waals surface area contributed by atoms with Crippen molar-refractivity contribution in [2.45, 2.75) is 25.8 Å². The molecule has 2 amide bonds. The van der Waals surface area contributed by atoms with E-state index in [2.05, 4.69) is 0 Å². The number of imide groups is 1. The Hall–Kier alpha value is -2.17. The van der Waals surface area contributed by atoms with E-state index in [1.165, 1.54) is 0 Å². The van der Waals surface area contributed by atoms with E-state index in [4.69, 9.17) is 5.11 Å². The van der Waals surface area contributed by atoms with E-state index >= 15 is 0 Å². The van der Waals surface area contributed by atoms with E-state index in [9.17, 15) is 14.4 Å². The van der Waals surface area contributed by atoms with Crippen LogP contribution in [0.25, 0.3) is 0 Å². The Morgan fingerprint density at radius 2 is 2.11 bits per heavy atom. The van der Waals surface area contributed by atoms with Gasteiger partial charge in [0, 0.05) is 12.0 Å². The zero-order valence-corrected chi connectivity index (χ0v) is 9.92. The fraction of sp³-hybridized carbons (Fsp3) is 0.308. The highest BCUT2D eigenvalue weighted by atomic mass is 16.4. The maximum atomic E-state index is 12.2. The molecule has 1 aromatic carbocycles. The van der Waals surface area contributed by atoms with Crippen molar-refractivity contribution < 1.29 is 19.5 Å². The van der Waals surface area contributed by atoms with Crippen LogP contribution in [0.15, 0.2) is 24.3 Å². The van der Waals surface area contributed by atoms with Crippen LogP contribution in [0.3, 0.4) is 0 Å². The summed E-state index contributed by atoms with van der Waals surface area (Å²) in [5, 5.41) is 9.01. The van der Waals surface area contributed by atoms with Crippen LogP contribution in [0.2, 0.25) is 0 Å². The van der Waals surface area contributed by atoms with Gasteiger partial charge in [-0.15, -0.1) is 0 Å². The fourth-order valence-corrected chi connectivity index (χ4v) is 2.09. The van der Waals surface area contributed by atoms with E-state index in [-0.39, 0.29) is 12.8 Å². The number of amides is 2. The molecule has 0 bridgehead atoms.